The van der Waals surface area contributed by atoms with Gasteiger partial charge in [-0.15, -0.1) is 0 Å². The Morgan fingerprint density at radius 3 is 2.63 bits per heavy atom. The molecule has 0 saturated carbocycles. The number of nitrogens with zero attached hydrogens (tertiary/aromatic N) is 3. The van der Waals surface area contributed by atoms with Crippen LogP contribution in [0.5, 0.6) is 0 Å². The second kappa shape index (κ2) is 6.19. The summed E-state index contributed by atoms with van der Waals surface area (Å²) >= 11 is 5.91. The maximum atomic E-state index is 12.2. The van der Waals surface area contributed by atoms with Crippen molar-refractivity contribution < 1.29 is 4.79 Å². The van der Waals surface area contributed by atoms with E-state index in [1.54, 1.807) is 6.20 Å². The Morgan fingerprint density at radius 2 is 2.00 bits per heavy atom. The van der Waals surface area contributed by atoms with Gasteiger partial charge in [-0.3, -0.25) is 4.98 Å². The van der Waals surface area contributed by atoms with Gasteiger partial charge >= 0.3 is 6.03 Å². The summed E-state index contributed by atoms with van der Waals surface area (Å²) in [5, 5.41) is 3.21. The first-order valence-electron chi connectivity index (χ1n) is 6.61. The van der Waals surface area contributed by atoms with Crippen LogP contribution in [0.2, 0.25) is 5.15 Å². The average Bonchev–Trinajstić information content (AvgIpc) is 2.37. The number of amides is 2. The van der Waals surface area contributed by atoms with Crippen molar-refractivity contribution in [3.8, 4) is 0 Å². The van der Waals surface area contributed by atoms with Crippen molar-refractivity contribution in [3.63, 3.8) is 0 Å². The Hall–Kier alpha value is -1.36. The fourth-order valence-electron chi connectivity index (χ4n) is 2.54. The Kier molecular flexibility index (Phi) is 4.58. The number of urea groups is 1. The number of carbonyl (C=O) groups excluding carboxylic acids is 1. The molecule has 0 aromatic carbocycles. The zero-order valence-corrected chi connectivity index (χ0v) is 12.0. The van der Waals surface area contributed by atoms with E-state index in [1.165, 1.54) is 12.6 Å². The predicted molar refractivity (Wildman–Crippen MR) is 73.9 cm³/mol. The van der Waals surface area contributed by atoms with Crippen molar-refractivity contribution in [1.29, 1.82) is 0 Å². The van der Waals surface area contributed by atoms with Gasteiger partial charge in [-0.25, -0.2) is 9.78 Å². The SMILES string of the molecule is C[C@H]1CCC[C@H](C)N1C(=O)NCc1nccnc1Cl. The first-order valence-corrected chi connectivity index (χ1v) is 6.99. The van der Waals surface area contributed by atoms with Gasteiger partial charge in [-0.1, -0.05) is 11.6 Å². The van der Waals surface area contributed by atoms with Crippen molar-refractivity contribution in [2.24, 2.45) is 0 Å². The predicted octanol–water partition coefficient (Wildman–Crippen LogP) is 2.60. The Morgan fingerprint density at radius 1 is 1.37 bits per heavy atom. The molecule has 2 amide bonds. The second-order valence-corrected chi connectivity index (χ2v) is 5.35. The molecule has 1 aliphatic rings. The van der Waals surface area contributed by atoms with Gasteiger partial charge in [0.1, 0.15) is 0 Å². The lowest BCUT2D eigenvalue weighted by Crippen LogP contribution is -2.51. The Bertz CT molecular complexity index is 444. The normalized spacial score (nSPS) is 23.2. The van der Waals surface area contributed by atoms with Crippen molar-refractivity contribution >= 4 is 17.6 Å². The van der Waals surface area contributed by atoms with E-state index in [1.807, 2.05) is 4.90 Å². The number of halogens is 1. The van der Waals surface area contributed by atoms with E-state index in [-0.39, 0.29) is 18.1 Å². The molecular formula is C13H19ClN4O. The zero-order chi connectivity index (χ0) is 13.8. The van der Waals surface area contributed by atoms with Crippen LogP contribution in [0.3, 0.4) is 0 Å². The average molecular weight is 283 g/mol. The van der Waals surface area contributed by atoms with Crippen LogP contribution in [0.1, 0.15) is 38.8 Å². The fourth-order valence-corrected chi connectivity index (χ4v) is 2.71. The van der Waals surface area contributed by atoms with Gasteiger partial charge in [-0.2, -0.15) is 0 Å². The molecule has 1 aromatic rings. The molecule has 1 aromatic heterocycles. The molecule has 104 valence electrons. The van der Waals surface area contributed by atoms with Gasteiger partial charge in [0.15, 0.2) is 5.15 Å². The Balaban J connectivity index is 1.95. The summed E-state index contributed by atoms with van der Waals surface area (Å²) in [5.41, 5.74) is 0.592. The smallest absolute Gasteiger partial charge is 0.318 e. The molecule has 0 radical (unpaired) electrons. The highest BCUT2D eigenvalue weighted by Gasteiger charge is 2.28. The van der Waals surface area contributed by atoms with Gasteiger partial charge in [0.05, 0.1) is 12.2 Å². The van der Waals surface area contributed by atoms with E-state index in [0.717, 1.165) is 12.8 Å². The number of likely N-dealkylation sites (tertiary alicyclic amines) is 1. The molecule has 19 heavy (non-hydrogen) atoms. The van der Waals surface area contributed by atoms with Crippen LogP contribution in [-0.4, -0.2) is 33.0 Å². The lowest BCUT2D eigenvalue weighted by atomic mass is 9.98. The number of nitrogens with one attached hydrogen (secondary N) is 1. The number of carbonyl (C=O) groups is 1. The largest absolute Gasteiger partial charge is 0.332 e. The molecule has 2 heterocycles. The third-order valence-corrected chi connectivity index (χ3v) is 3.87. The molecule has 5 nitrogen and oxygen atoms in total. The summed E-state index contributed by atoms with van der Waals surface area (Å²) in [5.74, 6) is 0. The first kappa shape index (κ1) is 14.1. The number of piperidine rings is 1. The van der Waals surface area contributed by atoms with E-state index in [2.05, 4.69) is 29.1 Å². The minimum Gasteiger partial charge on any atom is -0.332 e. The minimum absolute atomic E-state index is 0.0542. The quantitative estimate of drug-likeness (QED) is 0.907. The lowest BCUT2D eigenvalue weighted by Gasteiger charge is -2.38. The van der Waals surface area contributed by atoms with E-state index in [9.17, 15) is 4.79 Å². The topological polar surface area (TPSA) is 58.1 Å². The van der Waals surface area contributed by atoms with Gasteiger partial charge in [0.2, 0.25) is 0 Å². The maximum Gasteiger partial charge on any atom is 0.318 e. The lowest BCUT2D eigenvalue weighted by molar-refractivity contribution is 0.122. The molecule has 0 spiro atoms. The van der Waals surface area contributed by atoms with Crippen molar-refractivity contribution in [3.05, 3.63) is 23.2 Å². The second-order valence-electron chi connectivity index (χ2n) is 4.99. The molecule has 1 N–H and O–H groups in total. The summed E-state index contributed by atoms with van der Waals surface area (Å²) in [6.07, 6.45) is 6.40. The first-order chi connectivity index (χ1) is 9.09. The van der Waals surface area contributed by atoms with Crippen LogP contribution >= 0.6 is 11.6 Å². The maximum absolute atomic E-state index is 12.2. The van der Waals surface area contributed by atoms with E-state index in [0.29, 0.717) is 17.4 Å². The third kappa shape index (κ3) is 3.35. The van der Waals surface area contributed by atoms with Gasteiger partial charge in [-0.05, 0) is 33.1 Å². The molecule has 1 fully saturated rings. The van der Waals surface area contributed by atoms with Crippen LogP contribution in [0.25, 0.3) is 0 Å². The third-order valence-electron chi connectivity index (χ3n) is 3.56. The van der Waals surface area contributed by atoms with Crippen molar-refractivity contribution in [2.75, 3.05) is 0 Å². The van der Waals surface area contributed by atoms with E-state index >= 15 is 0 Å². The van der Waals surface area contributed by atoms with Gasteiger partial charge in [0, 0.05) is 24.5 Å². The monoisotopic (exact) mass is 282 g/mol. The molecule has 2 atom stereocenters. The fraction of sp³-hybridized carbons (Fsp3) is 0.615. The summed E-state index contributed by atoms with van der Waals surface area (Å²) in [6, 6.07) is 0.503. The zero-order valence-electron chi connectivity index (χ0n) is 11.3. The molecule has 2 rings (SSSR count). The van der Waals surface area contributed by atoms with Crippen LogP contribution in [0.15, 0.2) is 12.4 Å². The Labute approximate surface area is 118 Å². The molecule has 0 bridgehead atoms. The minimum atomic E-state index is -0.0542. The molecule has 1 aliphatic heterocycles. The van der Waals surface area contributed by atoms with Crippen molar-refractivity contribution in [1.82, 2.24) is 20.2 Å². The molecule has 0 unspecified atom stereocenters. The summed E-state index contributed by atoms with van der Waals surface area (Å²) in [4.78, 5) is 22.2. The highest BCUT2D eigenvalue weighted by molar-refractivity contribution is 6.29. The van der Waals surface area contributed by atoms with Gasteiger partial charge in [0.25, 0.3) is 0 Å². The van der Waals surface area contributed by atoms with Crippen LogP contribution in [-0.2, 0) is 6.54 Å². The highest BCUT2D eigenvalue weighted by atomic mass is 35.5. The van der Waals surface area contributed by atoms with Crippen molar-refractivity contribution in [2.45, 2.75) is 51.7 Å². The summed E-state index contributed by atoms with van der Waals surface area (Å²) in [7, 11) is 0. The highest BCUT2D eigenvalue weighted by Crippen LogP contribution is 2.22. The van der Waals surface area contributed by atoms with Gasteiger partial charge < -0.3 is 10.2 Å². The number of aromatic nitrogens is 2. The number of hydrogen-bond acceptors (Lipinski definition) is 3. The summed E-state index contributed by atoms with van der Waals surface area (Å²) < 4.78 is 0. The molecule has 1 saturated heterocycles. The van der Waals surface area contributed by atoms with Crippen LogP contribution < -0.4 is 5.32 Å². The standard InChI is InChI=1S/C13H19ClN4O/c1-9-4-3-5-10(2)18(9)13(19)17-8-11-12(14)16-7-6-15-11/h6-7,9-10H,3-5,8H2,1-2H3,(H,17,19)/t9-,10-/m0/s1. The number of hydrogen-bond donors (Lipinski definition) is 1. The van der Waals surface area contributed by atoms with E-state index < -0.39 is 0 Å². The van der Waals surface area contributed by atoms with E-state index in [4.69, 9.17) is 11.6 Å². The molecule has 6 heteroatoms. The number of rotatable bonds is 2. The summed E-state index contributed by atoms with van der Waals surface area (Å²) in [6.45, 7) is 4.48. The molecular weight excluding hydrogens is 264 g/mol. The van der Waals surface area contributed by atoms with Crippen LogP contribution in [0, 0.1) is 0 Å². The molecule has 0 aliphatic carbocycles. The van der Waals surface area contributed by atoms with Crippen LogP contribution in [0.4, 0.5) is 4.79 Å².